The molecule has 0 saturated carbocycles. The van der Waals surface area contributed by atoms with Gasteiger partial charge in [0.05, 0.1) is 11.4 Å². The van der Waals surface area contributed by atoms with E-state index in [2.05, 4.69) is 27.3 Å². The molecule has 1 N–H and O–H groups in total. The topological polar surface area (TPSA) is 47.9 Å². The first-order valence-electron chi connectivity index (χ1n) is 8.27. The van der Waals surface area contributed by atoms with Crippen molar-refractivity contribution in [1.82, 2.24) is 0 Å². The largest absolute Gasteiger partial charge is 0.325 e. The summed E-state index contributed by atoms with van der Waals surface area (Å²) in [7, 11) is 0. The summed E-state index contributed by atoms with van der Waals surface area (Å²) in [4.78, 5) is 21.4. The van der Waals surface area contributed by atoms with E-state index in [1.807, 2.05) is 48.2 Å². The Morgan fingerprint density at radius 2 is 1.88 bits per heavy atom. The van der Waals surface area contributed by atoms with Crippen molar-refractivity contribution < 1.29 is 4.79 Å². The number of guanidine groups is 1. The molecular weight excluding hydrogens is 300 g/mol. The molecule has 0 unspecified atom stereocenters. The molecule has 5 heteroatoms. The highest BCUT2D eigenvalue weighted by Crippen LogP contribution is 2.37. The molecule has 0 atom stereocenters. The molecule has 122 valence electrons. The van der Waals surface area contributed by atoms with Crippen LogP contribution in [0.5, 0.6) is 0 Å². The second kappa shape index (κ2) is 6.00. The third-order valence-electron chi connectivity index (χ3n) is 4.38. The molecule has 0 fully saturated rings. The zero-order valence-electron chi connectivity index (χ0n) is 13.7. The van der Waals surface area contributed by atoms with Gasteiger partial charge in [0.25, 0.3) is 0 Å². The third-order valence-corrected chi connectivity index (χ3v) is 4.38. The summed E-state index contributed by atoms with van der Waals surface area (Å²) in [5, 5.41) is 2.97. The molecule has 2 aromatic rings. The molecular formula is C19H20N4O. The van der Waals surface area contributed by atoms with Crippen LogP contribution in [-0.2, 0) is 4.79 Å². The highest BCUT2D eigenvalue weighted by atomic mass is 16.2. The Labute approximate surface area is 141 Å². The lowest BCUT2D eigenvalue weighted by Crippen LogP contribution is -2.44. The van der Waals surface area contributed by atoms with E-state index in [0.717, 1.165) is 42.5 Å². The van der Waals surface area contributed by atoms with E-state index >= 15 is 0 Å². The molecule has 0 spiro atoms. The fraction of sp³-hybridized carbons (Fsp3) is 0.263. The number of aliphatic imine (C=N–C) groups is 1. The number of hydrogen-bond donors (Lipinski definition) is 1. The summed E-state index contributed by atoms with van der Waals surface area (Å²) in [6, 6.07) is 16.0. The summed E-state index contributed by atoms with van der Waals surface area (Å²) in [5.41, 5.74) is 4.19. The minimum Gasteiger partial charge on any atom is -0.325 e. The van der Waals surface area contributed by atoms with Gasteiger partial charge in [0.1, 0.15) is 6.54 Å². The van der Waals surface area contributed by atoms with Gasteiger partial charge in [0, 0.05) is 18.8 Å². The monoisotopic (exact) mass is 320 g/mol. The molecule has 0 radical (unpaired) electrons. The molecule has 2 heterocycles. The first-order chi connectivity index (χ1) is 11.7. The number of fused-ring (bicyclic) bond motifs is 3. The van der Waals surface area contributed by atoms with Crippen molar-refractivity contribution in [3.05, 3.63) is 54.1 Å². The van der Waals surface area contributed by atoms with Crippen molar-refractivity contribution in [2.45, 2.75) is 13.3 Å². The Morgan fingerprint density at radius 1 is 1.12 bits per heavy atom. The molecule has 4 rings (SSSR count). The number of rotatable bonds is 3. The lowest BCUT2D eigenvalue weighted by Gasteiger charge is -2.26. The second-order valence-corrected chi connectivity index (χ2v) is 6.18. The van der Waals surface area contributed by atoms with Gasteiger partial charge in [0.15, 0.2) is 0 Å². The Morgan fingerprint density at radius 3 is 2.67 bits per heavy atom. The van der Waals surface area contributed by atoms with Crippen LogP contribution in [0.2, 0.25) is 0 Å². The van der Waals surface area contributed by atoms with Crippen LogP contribution >= 0.6 is 0 Å². The Balaban J connectivity index is 1.56. The maximum absolute atomic E-state index is 12.5. The number of amides is 1. The third kappa shape index (κ3) is 2.62. The van der Waals surface area contributed by atoms with Gasteiger partial charge in [0.2, 0.25) is 11.9 Å². The van der Waals surface area contributed by atoms with Crippen molar-refractivity contribution in [1.29, 1.82) is 0 Å². The van der Waals surface area contributed by atoms with Gasteiger partial charge in [-0.15, -0.1) is 0 Å². The Bertz CT molecular complexity index is 797. The summed E-state index contributed by atoms with van der Waals surface area (Å²) in [5.74, 6) is 0.852. The normalized spacial score (nSPS) is 15.6. The highest BCUT2D eigenvalue weighted by Gasteiger charge is 2.34. The summed E-state index contributed by atoms with van der Waals surface area (Å²) >= 11 is 0. The Kier molecular flexibility index (Phi) is 3.69. The number of aryl methyl sites for hydroxylation is 1. The van der Waals surface area contributed by atoms with Crippen LogP contribution in [0.3, 0.4) is 0 Å². The number of anilines is 3. The van der Waals surface area contributed by atoms with E-state index in [-0.39, 0.29) is 12.5 Å². The predicted molar refractivity (Wildman–Crippen MR) is 97.9 cm³/mol. The average molecular weight is 320 g/mol. The van der Waals surface area contributed by atoms with Crippen LogP contribution in [0.15, 0.2) is 53.5 Å². The SMILES string of the molecule is Cc1ccc(NC(=O)CN2C3=NCCCN3c3ccccc32)cc1. The molecule has 24 heavy (non-hydrogen) atoms. The molecule has 1 amide bonds. The fourth-order valence-corrected chi connectivity index (χ4v) is 3.22. The maximum atomic E-state index is 12.5. The van der Waals surface area contributed by atoms with Crippen LogP contribution in [0.1, 0.15) is 12.0 Å². The van der Waals surface area contributed by atoms with Crippen LogP contribution in [0.25, 0.3) is 0 Å². The number of para-hydroxylation sites is 2. The Hall–Kier alpha value is -2.82. The van der Waals surface area contributed by atoms with Gasteiger partial charge in [-0.05, 0) is 37.6 Å². The molecule has 0 saturated heterocycles. The fourth-order valence-electron chi connectivity index (χ4n) is 3.22. The zero-order chi connectivity index (χ0) is 16.5. The van der Waals surface area contributed by atoms with Crippen molar-refractivity contribution >= 4 is 28.9 Å². The zero-order valence-corrected chi connectivity index (χ0v) is 13.7. The van der Waals surface area contributed by atoms with Gasteiger partial charge < -0.3 is 15.1 Å². The summed E-state index contributed by atoms with van der Waals surface area (Å²) in [6.07, 6.45) is 1.04. The first kappa shape index (κ1) is 14.8. The maximum Gasteiger partial charge on any atom is 0.244 e. The molecule has 0 aliphatic carbocycles. The number of carbonyl (C=O) groups is 1. The molecule has 2 aliphatic rings. The average Bonchev–Trinajstić information content (AvgIpc) is 2.92. The van der Waals surface area contributed by atoms with E-state index < -0.39 is 0 Å². The first-order valence-corrected chi connectivity index (χ1v) is 8.27. The molecule has 2 aromatic carbocycles. The van der Waals surface area contributed by atoms with Gasteiger partial charge in [-0.1, -0.05) is 29.8 Å². The van der Waals surface area contributed by atoms with Crippen LogP contribution in [-0.4, -0.2) is 31.5 Å². The van der Waals surface area contributed by atoms with E-state index in [1.54, 1.807) is 0 Å². The van der Waals surface area contributed by atoms with Gasteiger partial charge in [-0.2, -0.15) is 0 Å². The second-order valence-electron chi connectivity index (χ2n) is 6.18. The van der Waals surface area contributed by atoms with E-state index in [9.17, 15) is 4.79 Å². The summed E-state index contributed by atoms with van der Waals surface area (Å²) in [6.45, 7) is 4.06. The van der Waals surface area contributed by atoms with Crippen LogP contribution in [0.4, 0.5) is 17.1 Å². The number of carbonyl (C=O) groups excluding carboxylic acids is 1. The summed E-state index contributed by atoms with van der Waals surface area (Å²) < 4.78 is 0. The standard InChI is InChI=1S/C19H20N4O/c1-14-7-9-15(10-8-14)21-18(24)13-23-17-6-3-2-5-16(17)22-12-4-11-20-19(22)23/h2-3,5-10H,4,11-13H2,1H3,(H,21,24). The number of hydrogen-bond acceptors (Lipinski definition) is 4. The van der Waals surface area contributed by atoms with E-state index in [1.165, 1.54) is 5.56 Å². The number of nitrogens with one attached hydrogen (secondary N) is 1. The molecule has 2 aliphatic heterocycles. The van der Waals surface area contributed by atoms with E-state index in [4.69, 9.17) is 0 Å². The lowest BCUT2D eigenvalue weighted by atomic mass is 10.2. The molecule has 0 bridgehead atoms. The van der Waals surface area contributed by atoms with Crippen molar-refractivity contribution in [3.63, 3.8) is 0 Å². The quantitative estimate of drug-likeness (QED) is 0.946. The number of nitrogens with zero attached hydrogens (tertiary/aromatic N) is 3. The molecule has 0 aromatic heterocycles. The number of benzene rings is 2. The van der Waals surface area contributed by atoms with Crippen LogP contribution in [0, 0.1) is 6.92 Å². The van der Waals surface area contributed by atoms with Crippen LogP contribution < -0.4 is 15.1 Å². The minimum absolute atomic E-state index is 0.0382. The van der Waals surface area contributed by atoms with Crippen molar-refractivity contribution in [3.8, 4) is 0 Å². The predicted octanol–water partition coefficient (Wildman–Crippen LogP) is 3.02. The highest BCUT2D eigenvalue weighted by molar-refractivity contribution is 6.18. The van der Waals surface area contributed by atoms with Crippen molar-refractivity contribution in [2.24, 2.45) is 4.99 Å². The van der Waals surface area contributed by atoms with Gasteiger partial charge in [-0.3, -0.25) is 9.79 Å². The van der Waals surface area contributed by atoms with Crippen molar-refractivity contribution in [2.75, 3.05) is 34.8 Å². The molecule has 5 nitrogen and oxygen atoms in total. The van der Waals surface area contributed by atoms with Gasteiger partial charge in [-0.25, -0.2) is 0 Å². The van der Waals surface area contributed by atoms with E-state index in [0.29, 0.717) is 0 Å². The smallest absolute Gasteiger partial charge is 0.244 e. The minimum atomic E-state index is -0.0382. The lowest BCUT2D eigenvalue weighted by molar-refractivity contribution is -0.114. The van der Waals surface area contributed by atoms with Gasteiger partial charge >= 0.3 is 0 Å².